The van der Waals surface area contributed by atoms with E-state index in [4.69, 9.17) is 4.74 Å². The second-order valence-electron chi connectivity index (χ2n) is 4.68. The Labute approximate surface area is 109 Å². The average molecular weight is 247 g/mol. The highest BCUT2D eigenvalue weighted by Gasteiger charge is 2.05. The molecule has 98 valence electrons. The number of ether oxygens (including phenoxy) is 1. The van der Waals surface area contributed by atoms with Crippen molar-refractivity contribution in [1.29, 1.82) is 0 Å². The van der Waals surface area contributed by atoms with Crippen LogP contribution < -0.4 is 5.32 Å². The van der Waals surface area contributed by atoms with Crippen molar-refractivity contribution in [1.82, 2.24) is 5.32 Å². The number of hydrogen-bond donors (Lipinski definition) is 2. The van der Waals surface area contributed by atoms with Gasteiger partial charge in [-0.25, -0.2) is 0 Å². The van der Waals surface area contributed by atoms with Crippen LogP contribution in [0.1, 0.15) is 25.0 Å². The fraction of sp³-hybridized carbons (Fsp3) is 0.467. The van der Waals surface area contributed by atoms with Crippen LogP contribution in [0.25, 0.3) is 0 Å². The van der Waals surface area contributed by atoms with Gasteiger partial charge in [-0.2, -0.15) is 0 Å². The molecule has 0 unspecified atom stereocenters. The van der Waals surface area contributed by atoms with Crippen LogP contribution >= 0.6 is 0 Å². The zero-order valence-electron chi connectivity index (χ0n) is 11.3. The third-order valence-electron chi connectivity index (χ3n) is 2.28. The van der Waals surface area contributed by atoms with Gasteiger partial charge in [-0.3, -0.25) is 0 Å². The Morgan fingerprint density at radius 1 is 1.28 bits per heavy atom. The lowest BCUT2D eigenvalue weighted by atomic mass is 10.1. The predicted octanol–water partition coefficient (Wildman–Crippen LogP) is 1.54. The van der Waals surface area contributed by atoms with Crippen LogP contribution in [0.4, 0.5) is 0 Å². The molecule has 1 aromatic rings. The molecule has 0 bridgehead atoms. The molecule has 0 saturated carbocycles. The maximum Gasteiger partial charge on any atom is 0.120 e. The number of methoxy groups -OCH3 is 1. The van der Waals surface area contributed by atoms with Crippen LogP contribution in [0.3, 0.4) is 0 Å². The highest BCUT2D eigenvalue weighted by molar-refractivity contribution is 5.37. The van der Waals surface area contributed by atoms with Crippen molar-refractivity contribution in [2.75, 3.05) is 20.3 Å². The van der Waals surface area contributed by atoms with E-state index in [2.05, 4.69) is 17.2 Å². The fourth-order valence-corrected chi connectivity index (χ4v) is 1.34. The first-order valence-electron chi connectivity index (χ1n) is 6.05. The minimum Gasteiger partial charge on any atom is -0.383 e. The molecule has 0 aliphatic rings. The number of nitrogens with one attached hydrogen (secondary N) is 1. The topological polar surface area (TPSA) is 41.5 Å². The Balaban J connectivity index is 2.49. The summed E-state index contributed by atoms with van der Waals surface area (Å²) < 4.78 is 4.96. The number of hydrogen-bond acceptors (Lipinski definition) is 3. The zero-order chi connectivity index (χ0) is 13.4. The molecule has 2 N–H and O–H groups in total. The first-order chi connectivity index (χ1) is 8.51. The Morgan fingerprint density at radius 2 is 1.94 bits per heavy atom. The molecule has 0 aliphatic carbocycles. The fourth-order valence-electron chi connectivity index (χ4n) is 1.34. The quantitative estimate of drug-likeness (QED) is 0.612. The molecule has 1 rings (SSSR count). The van der Waals surface area contributed by atoms with E-state index in [1.54, 1.807) is 21.0 Å². The number of rotatable bonds is 5. The SMILES string of the molecule is COCCNCc1ccc(C#CC(C)(C)O)cc1. The van der Waals surface area contributed by atoms with Gasteiger partial charge in [-0.15, -0.1) is 0 Å². The van der Waals surface area contributed by atoms with E-state index in [9.17, 15) is 5.11 Å². The molecule has 0 atom stereocenters. The summed E-state index contributed by atoms with van der Waals surface area (Å²) in [4.78, 5) is 0. The molecule has 0 aliphatic heterocycles. The molecule has 0 heterocycles. The summed E-state index contributed by atoms with van der Waals surface area (Å²) in [5, 5.41) is 12.8. The third kappa shape index (κ3) is 6.41. The summed E-state index contributed by atoms with van der Waals surface area (Å²) in [7, 11) is 1.69. The van der Waals surface area contributed by atoms with Gasteiger partial charge in [0.1, 0.15) is 5.60 Å². The second kappa shape index (κ2) is 7.17. The summed E-state index contributed by atoms with van der Waals surface area (Å²) in [6.45, 7) is 5.73. The van der Waals surface area contributed by atoms with Gasteiger partial charge in [-0.1, -0.05) is 24.0 Å². The third-order valence-corrected chi connectivity index (χ3v) is 2.28. The lowest BCUT2D eigenvalue weighted by Gasteiger charge is -2.06. The van der Waals surface area contributed by atoms with Gasteiger partial charge >= 0.3 is 0 Å². The van der Waals surface area contributed by atoms with Crippen LogP contribution in [0.15, 0.2) is 24.3 Å². The van der Waals surface area contributed by atoms with Gasteiger partial charge in [0.25, 0.3) is 0 Å². The molecule has 0 saturated heterocycles. The normalized spacial score (nSPS) is 10.9. The number of benzene rings is 1. The van der Waals surface area contributed by atoms with Gasteiger partial charge in [0.15, 0.2) is 0 Å². The van der Waals surface area contributed by atoms with Crippen molar-refractivity contribution in [2.24, 2.45) is 0 Å². The van der Waals surface area contributed by atoms with E-state index < -0.39 is 5.60 Å². The van der Waals surface area contributed by atoms with E-state index in [1.807, 2.05) is 24.3 Å². The van der Waals surface area contributed by atoms with E-state index >= 15 is 0 Å². The predicted molar refractivity (Wildman–Crippen MR) is 73.2 cm³/mol. The average Bonchev–Trinajstić information content (AvgIpc) is 2.33. The largest absolute Gasteiger partial charge is 0.383 e. The van der Waals surface area contributed by atoms with Gasteiger partial charge in [-0.05, 0) is 31.5 Å². The first-order valence-corrected chi connectivity index (χ1v) is 6.05. The summed E-state index contributed by atoms with van der Waals surface area (Å²) in [5.74, 6) is 5.74. The van der Waals surface area contributed by atoms with Crippen LogP contribution in [0.2, 0.25) is 0 Å². The van der Waals surface area contributed by atoms with Crippen molar-refractivity contribution in [2.45, 2.75) is 26.0 Å². The first kappa shape index (κ1) is 14.7. The summed E-state index contributed by atoms with van der Waals surface area (Å²) in [5.41, 5.74) is 1.18. The molecule has 0 spiro atoms. The van der Waals surface area contributed by atoms with Crippen molar-refractivity contribution in [3.05, 3.63) is 35.4 Å². The molecule has 0 radical (unpaired) electrons. The van der Waals surface area contributed by atoms with Crippen LogP contribution in [0, 0.1) is 11.8 Å². The van der Waals surface area contributed by atoms with E-state index in [-0.39, 0.29) is 0 Å². The standard InChI is InChI=1S/C15H21NO2/c1-15(2,17)9-8-13-4-6-14(7-5-13)12-16-10-11-18-3/h4-7,16-17H,10-12H2,1-3H3. The molecule has 1 aromatic carbocycles. The van der Waals surface area contributed by atoms with Crippen LogP contribution in [-0.4, -0.2) is 31.0 Å². The molecular formula is C15H21NO2. The molecule has 0 aromatic heterocycles. The van der Waals surface area contributed by atoms with Crippen molar-refractivity contribution in [3.63, 3.8) is 0 Å². The summed E-state index contributed by atoms with van der Waals surface area (Å²) in [6.07, 6.45) is 0. The van der Waals surface area contributed by atoms with Gasteiger partial charge in [0, 0.05) is 25.8 Å². The molecule has 0 amide bonds. The molecule has 3 heteroatoms. The van der Waals surface area contributed by atoms with Crippen LogP contribution in [0.5, 0.6) is 0 Å². The van der Waals surface area contributed by atoms with Crippen LogP contribution in [-0.2, 0) is 11.3 Å². The van der Waals surface area contributed by atoms with E-state index in [0.29, 0.717) is 0 Å². The highest BCUT2D eigenvalue weighted by Crippen LogP contribution is 2.04. The zero-order valence-corrected chi connectivity index (χ0v) is 11.3. The lowest BCUT2D eigenvalue weighted by molar-refractivity contribution is 0.143. The van der Waals surface area contributed by atoms with Crippen molar-refractivity contribution < 1.29 is 9.84 Å². The Morgan fingerprint density at radius 3 is 2.50 bits per heavy atom. The molecule has 18 heavy (non-hydrogen) atoms. The maximum atomic E-state index is 9.50. The van der Waals surface area contributed by atoms with Gasteiger partial charge < -0.3 is 15.2 Å². The van der Waals surface area contributed by atoms with Crippen molar-refractivity contribution in [3.8, 4) is 11.8 Å². The maximum absolute atomic E-state index is 9.50. The van der Waals surface area contributed by atoms with E-state index in [0.717, 1.165) is 25.3 Å². The minimum atomic E-state index is -0.944. The molecular weight excluding hydrogens is 226 g/mol. The Hall–Kier alpha value is -1.34. The molecule has 0 fully saturated rings. The Kier molecular flexibility index (Phi) is 5.87. The highest BCUT2D eigenvalue weighted by atomic mass is 16.5. The lowest BCUT2D eigenvalue weighted by Crippen LogP contribution is -2.18. The van der Waals surface area contributed by atoms with Gasteiger partial charge in [0.05, 0.1) is 6.61 Å². The van der Waals surface area contributed by atoms with Crippen molar-refractivity contribution >= 4 is 0 Å². The number of aliphatic hydroxyl groups is 1. The monoisotopic (exact) mass is 247 g/mol. The second-order valence-corrected chi connectivity index (χ2v) is 4.68. The summed E-state index contributed by atoms with van der Waals surface area (Å²) >= 11 is 0. The summed E-state index contributed by atoms with van der Waals surface area (Å²) in [6, 6.07) is 8.00. The Bertz CT molecular complexity index is 407. The minimum absolute atomic E-state index is 0.717. The molecule has 3 nitrogen and oxygen atoms in total. The smallest absolute Gasteiger partial charge is 0.120 e. The van der Waals surface area contributed by atoms with E-state index in [1.165, 1.54) is 5.56 Å². The van der Waals surface area contributed by atoms with Gasteiger partial charge in [0.2, 0.25) is 0 Å².